The number of phenolic OH excluding ortho intramolecular Hbond substituents is 1. The van der Waals surface area contributed by atoms with Crippen LogP contribution < -0.4 is 10.2 Å². The van der Waals surface area contributed by atoms with E-state index in [9.17, 15) is 5.11 Å². The maximum absolute atomic E-state index is 9.71. The summed E-state index contributed by atoms with van der Waals surface area (Å²) in [4.78, 5) is 4.50. The molecule has 1 heterocycles. The van der Waals surface area contributed by atoms with Crippen LogP contribution in [0.3, 0.4) is 0 Å². The Kier molecular flexibility index (Phi) is 5.12. The van der Waals surface area contributed by atoms with Gasteiger partial charge in [-0.1, -0.05) is 30.3 Å². The highest BCUT2D eigenvalue weighted by Gasteiger charge is 2.10. The van der Waals surface area contributed by atoms with Crippen molar-refractivity contribution in [1.29, 1.82) is 0 Å². The molecule has 2 aromatic carbocycles. The summed E-state index contributed by atoms with van der Waals surface area (Å²) in [5.41, 5.74) is 5.66. The third-order valence-electron chi connectivity index (χ3n) is 3.25. The Hall–Kier alpha value is -2.38. The van der Waals surface area contributed by atoms with Gasteiger partial charge in [0.05, 0.1) is 23.5 Å². The quantitative estimate of drug-likeness (QED) is 0.477. The van der Waals surface area contributed by atoms with E-state index >= 15 is 0 Å². The molecule has 3 rings (SSSR count). The van der Waals surface area contributed by atoms with Gasteiger partial charge in [0.15, 0.2) is 11.5 Å². The first-order valence-electron chi connectivity index (χ1n) is 7.04. The summed E-state index contributed by atoms with van der Waals surface area (Å²) < 4.78 is 5.78. The van der Waals surface area contributed by atoms with Crippen LogP contribution >= 0.6 is 27.3 Å². The minimum atomic E-state index is 0.0712. The molecule has 0 fully saturated rings. The summed E-state index contributed by atoms with van der Waals surface area (Å²) in [5, 5.41) is 16.6. The minimum absolute atomic E-state index is 0.0712. The van der Waals surface area contributed by atoms with Crippen LogP contribution in [0.1, 0.15) is 5.56 Å². The van der Waals surface area contributed by atoms with E-state index in [0.717, 1.165) is 16.8 Å². The Balaban J connectivity index is 1.73. The van der Waals surface area contributed by atoms with Crippen LogP contribution in [0.5, 0.6) is 11.5 Å². The van der Waals surface area contributed by atoms with Crippen LogP contribution in [0.2, 0.25) is 0 Å². The zero-order chi connectivity index (χ0) is 16.9. The molecule has 122 valence electrons. The summed E-state index contributed by atoms with van der Waals surface area (Å²) >= 11 is 4.88. The fraction of sp³-hybridized carbons (Fsp3) is 0.0588. The number of benzene rings is 2. The van der Waals surface area contributed by atoms with Crippen molar-refractivity contribution in [3.8, 4) is 22.8 Å². The number of thiazole rings is 1. The molecular weight excluding hydrogens is 390 g/mol. The van der Waals surface area contributed by atoms with Gasteiger partial charge in [0.2, 0.25) is 5.13 Å². The van der Waals surface area contributed by atoms with Crippen molar-refractivity contribution in [1.82, 2.24) is 4.98 Å². The molecule has 3 aromatic rings. The van der Waals surface area contributed by atoms with E-state index in [0.29, 0.717) is 15.4 Å². The number of ether oxygens (including phenoxy) is 1. The predicted octanol–water partition coefficient (Wildman–Crippen LogP) is 4.73. The van der Waals surface area contributed by atoms with E-state index in [4.69, 9.17) is 4.74 Å². The van der Waals surface area contributed by atoms with E-state index in [1.807, 2.05) is 35.7 Å². The third kappa shape index (κ3) is 3.58. The zero-order valence-electron chi connectivity index (χ0n) is 12.7. The minimum Gasteiger partial charge on any atom is -0.504 e. The lowest BCUT2D eigenvalue weighted by Crippen LogP contribution is -1.93. The van der Waals surface area contributed by atoms with Crippen molar-refractivity contribution < 1.29 is 9.84 Å². The number of nitrogens with zero attached hydrogens (tertiary/aromatic N) is 2. The van der Waals surface area contributed by atoms with Gasteiger partial charge in [0.1, 0.15) is 0 Å². The van der Waals surface area contributed by atoms with E-state index in [1.54, 1.807) is 18.3 Å². The first kappa shape index (κ1) is 16.5. The number of hydrogen-bond acceptors (Lipinski definition) is 6. The molecule has 0 amide bonds. The number of aromatic nitrogens is 1. The number of hydrogen-bond donors (Lipinski definition) is 2. The lowest BCUT2D eigenvalue weighted by atomic mass is 10.2. The van der Waals surface area contributed by atoms with Crippen LogP contribution in [-0.2, 0) is 0 Å². The molecule has 0 saturated heterocycles. The molecule has 2 N–H and O–H groups in total. The number of rotatable bonds is 5. The second-order valence-electron chi connectivity index (χ2n) is 4.80. The first-order valence-corrected chi connectivity index (χ1v) is 8.72. The summed E-state index contributed by atoms with van der Waals surface area (Å²) in [6, 6.07) is 13.3. The fourth-order valence-electron chi connectivity index (χ4n) is 2.08. The van der Waals surface area contributed by atoms with Gasteiger partial charge < -0.3 is 9.84 Å². The lowest BCUT2D eigenvalue weighted by Gasteiger charge is -2.07. The summed E-state index contributed by atoms with van der Waals surface area (Å²) in [7, 11) is 1.50. The number of anilines is 1. The van der Waals surface area contributed by atoms with Crippen LogP contribution in [0.25, 0.3) is 11.3 Å². The van der Waals surface area contributed by atoms with Gasteiger partial charge in [-0.25, -0.2) is 4.98 Å². The molecule has 0 radical (unpaired) electrons. The molecular formula is C17H14BrN3O2S. The molecule has 0 saturated carbocycles. The Labute approximate surface area is 151 Å². The van der Waals surface area contributed by atoms with Crippen LogP contribution in [0.15, 0.2) is 57.4 Å². The highest BCUT2D eigenvalue weighted by atomic mass is 79.9. The van der Waals surface area contributed by atoms with Gasteiger partial charge in [-0.05, 0) is 28.1 Å². The molecule has 0 unspecified atom stereocenters. The van der Waals surface area contributed by atoms with E-state index < -0.39 is 0 Å². The third-order valence-corrected chi connectivity index (χ3v) is 4.81. The van der Waals surface area contributed by atoms with Gasteiger partial charge in [0.25, 0.3) is 0 Å². The highest BCUT2D eigenvalue weighted by Crippen LogP contribution is 2.36. The maximum atomic E-state index is 9.71. The van der Waals surface area contributed by atoms with Crippen LogP contribution in [-0.4, -0.2) is 23.4 Å². The smallest absolute Gasteiger partial charge is 0.203 e. The van der Waals surface area contributed by atoms with Crippen molar-refractivity contribution in [3.63, 3.8) is 0 Å². The van der Waals surface area contributed by atoms with Gasteiger partial charge >= 0.3 is 0 Å². The fourth-order valence-corrected chi connectivity index (χ4v) is 3.35. The highest BCUT2D eigenvalue weighted by molar-refractivity contribution is 9.10. The average molecular weight is 404 g/mol. The second kappa shape index (κ2) is 7.46. The lowest BCUT2D eigenvalue weighted by molar-refractivity contribution is 0.371. The average Bonchev–Trinajstić information content (AvgIpc) is 3.07. The maximum Gasteiger partial charge on any atom is 0.203 e. The topological polar surface area (TPSA) is 66.7 Å². The van der Waals surface area contributed by atoms with Gasteiger partial charge in [0, 0.05) is 16.5 Å². The molecule has 7 heteroatoms. The summed E-state index contributed by atoms with van der Waals surface area (Å²) in [6.45, 7) is 0. The largest absolute Gasteiger partial charge is 0.504 e. The molecule has 0 bridgehead atoms. The normalized spacial score (nSPS) is 10.9. The number of hydrazone groups is 1. The number of aromatic hydroxyl groups is 1. The molecule has 1 aromatic heterocycles. The van der Waals surface area contributed by atoms with Crippen molar-refractivity contribution in [2.24, 2.45) is 5.10 Å². The SMILES string of the molecule is COc1c(O)ccc(C=NNc2nc(-c3ccccc3)cs2)c1Br. The van der Waals surface area contributed by atoms with Crippen molar-refractivity contribution in [2.75, 3.05) is 12.5 Å². The van der Waals surface area contributed by atoms with Crippen molar-refractivity contribution in [3.05, 3.63) is 57.9 Å². The van der Waals surface area contributed by atoms with E-state index in [2.05, 4.69) is 31.4 Å². The van der Waals surface area contributed by atoms with E-state index in [1.165, 1.54) is 18.4 Å². The monoisotopic (exact) mass is 403 g/mol. The van der Waals surface area contributed by atoms with Crippen molar-refractivity contribution >= 4 is 38.6 Å². The van der Waals surface area contributed by atoms with E-state index in [-0.39, 0.29) is 5.75 Å². The van der Waals surface area contributed by atoms with Gasteiger partial charge in [-0.3, -0.25) is 5.43 Å². The van der Waals surface area contributed by atoms with Gasteiger partial charge in [-0.15, -0.1) is 11.3 Å². The Morgan fingerprint density at radius 2 is 2.04 bits per heavy atom. The molecule has 0 aliphatic rings. The van der Waals surface area contributed by atoms with Gasteiger partial charge in [-0.2, -0.15) is 5.10 Å². The zero-order valence-corrected chi connectivity index (χ0v) is 15.1. The summed E-state index contributed by atoms with van der Waals surface area (Å²) in [5.74, 6) is 0.446. The standard InChI is InChI=1S/C17H14BrN3O2S/c1-23-16-14(22)8-7-12(15(16)18)9-19-21-17-20-13(10-24-17)11-5-3-2-4-6-11/h2-10,22H,1H3,(H,20,21). The molecule has 0 aliphatic heterocycles. The summed E-state index contributed by atoms with van der Waals surface area (Å²) in [6.07, 6.45) is 1.63. The molecule has 0 atom stereocenters. The molecule has 5 nitrogen and oxygen atoms in total. The molecule has 0 aliphatic carbocycles. The second-order valence-corrected chi connectivity index (χ2v) is 6.45. The molecule has 24 heavy (non-hydrogen) atoms. The van der Waals surface area contributed by atoms with Crippen LogP contribution in [0.4, 0.5) is 5.13 Å². The Morgan fingerprint density at radius 3 is 2.79 bits per heavy atom. The Morgan fingerprint density at radius 1 is 1.25 bits per heavy atom. The number of halogens is 1. The Bertz CT molecular complexity index is 866. The molecule has 0 spiro atoms. The number of nitrogens with one attached hydrogen (secondary N) is 1. The van der Waals surface area contributed by atoms with Crippen LogP contribution in [0, 0.1) is 0 Å². The first-order chi connectivity index (χ1) is 11.7. The number of methoxy groups -OCH3 is 1. The number of phenols is 1. The van der Waals surface area contributed by atoms with Crippen molar-refractivity contribution in [2.45, 2.75) is 0 Å². The predicted molar refractivity (Wildman–Crippen MR) is 101 cm³/mol.